The predicted molar refractivity (Wildman–Crippen MR) is 127 cm³/mol. The molecule has 184 valence electrons. The largest absolute Gasteiger partial charge is 0.474 e. The standard InChI is InChI=1S/C25H30N6O4/c1-24-13-25(14-24,15-34-24)20-11-31-10-19(22(29-23(31)28-20)35-18-4-3-5-18)21(33)27-16(12-32)8-9-26-30(2)17-6-7-17/h8-12,17-18H,3-7,13-15H2,1-2H3,(H,27,33)/b16-8+,26-9-. The predicted octanol–water partition coefficient (Wildman–Crippen LogP) is 2.37. The number of imidazole rings is 1. The lowest BCUT2D eigenvalue weighted by Gasteiger charge is -2.41. The Kier molecular flexibility index (Phi) is 5.17. The second-order valence-corrected chi connectivity index (χ2v) is 10.6. The van der Waals surface area contributed by atoms with Gasteiger partial charge in [0.25, 0.3) is 5.91 Å². The number of aldehydes is 1. The van der Waals surface area contributed by atoms with Gasteiger partial charge < -0.3 is 14.8 Å². The number of nitrogens with one attached hydrogen (secondary N) is 1. The van der Waals surface area contributed by atoms with Gasteiger partial charge in [-0.25, -0.2) is 4.98 Å². The first kappa shape index (κ1) is 22.2. The molecule has 1 N–H and O–H groups in total. The molecule has 2 bridgehead atoms. The van der Waals surface area contributed by atoms with Gasteiger partial charge in [-0.1, -0.05) is 0 Å². The second kappa shape index (κ2) is 8.15. The summed E-state index contributed by atoms with van der Waals surface area (Å²) in [5.41, 5.74) is 1.16. The van der Waals surface area contributed by atoms with Crippen LogP contribution in [-0.4, -0.2) is 69.2 Å². The summed E-state index contributed by atoms with van der Waals surface area (Å²) in [5, 5.41) is 8.82. The van der Waals surface area contributed by atoms with Crippen molar-refractivity contribution in [2.75, 3.05) is 13.7 Å². The number of carbonyl (C=O) groups is 2. The van der Waals surface area contributed by atoms with Crippen LogP contribution in [0.15, 0.2) is 29.3 Å². The van der Waals surface area contributed by atoms with E-state index in [9.17, 15) is 9.59 Å². The monoisotopic (exact) mass is 478 g/mol. The van der Waals surface area contributed by atoms with Gasteiger partial charge in [0.2, 0.25) is 11.7 Å². The molecule has 0 unspecified atom stereocenters. The van der Waals surface area contributed by atoms with Crippen LogP contribution in [0.4, 0.5) is 0 Å². The van der Waals surface area contributed by atoms with Gasteiger partial charge in [0, 0.05) is 37.1 Å². The van der Waals surface area contributed by atoms with Gasteiger partial charge in [0.15, 0.2) is 6.29 Å². The van der Waals surface area contributed by atoms with Crippen LogP contribution in [0.3, 0.4) is 0 Å². The molecule has 10 nitrogen and oxygen atoms in total. The first-order valence-electron chi connectivity index (χ1n) is 12.3. The lowest BCUT2D eigenvalue weighted by atomic mass is 9.62. The van der Waals surface area contributed by atoms with Gasteiger partial charge in [-0.05, 0) is 57.9 Å². The van der Waals surface area contributed by atoms with E-state index in [-0.39, 0.29) is 34.3 Å². The molecule has 0 atom stereocenters. The van der Waals surface area contributed by atoms with Crippen molar-refractivity contribution < 1.29 is 19.1 Å². The van der Waals surface area contributed by atoms with Crippen LogP contribution >= 0.6 is 0 Å². The van der Waals surface area contributed by atoms with E-state index < -0.39 is 5.91 Å². The van der Waals surface area contributed by atoms with Crippen LogP contribution in [0.25, 0.3) is 5.78 Å². The van der Waals surface area contributed by atoms with E-state index in [0.29, 0.717) is 24.7 Å². The molecule has 35 heavy (non-hydrogen) atoms. The number of aromatic nitrogens is 3. The molecule has 0 aromatic carbocycles. The Morgan fingerprint density at radius 1 is 1.29 bits per heavy atom. The zero-order valence-electron chi connectivity index (χ0n) is 20.1. The van der Waals surface area contributed by atoms with Gasteiger partial charge >= 0.3 is 0 Å². The SMILES string of the molecule is CN(/N=C\C=C(/C=O)NC(=O)c1cn2cc(C34COC(C)(C3)C4)nc2nc1OC1CCC1)C1CC1. The Hall–Kier alpha value is -3.27. The number of allylic oxidation sites excluding steroid dienone is 2. The lowest BCUT2D eigenvalue weighted by Crippen LogP contribution is -2.45. The number of amides is 1. The van der Waals surface area contributed by atoms with Gasteiger partial charge in [-0.3, -0.25) is 19.0 Å². The third-order valence-corrected chi connectivity index (χ3v) is 7.62. The molecule has 5 fully saturated rings. The highest BCUT2D eigenvalue weighted by molar-refractivity contribution is 6.01. The van der Waals surface area contributed by atoms with Crippen molar-refractivity contribution in [3.63, 3.8) is 0 Å². The summed E-state index contributed by atoms with van der Waals surface area (Å²) in [6.45, 7) is 2.78. The summed E-state index contributed by atoms with van der Waals surface area (Å²) in [5.74, 6) is 0.259. The molecular weight excluding hydrogens is 448 g/mol. The number of rotatable bonds is 9. The molecular formula is C25H30N6O4. The van der Waals surface area contributed by atoms with Crippen molar-refractivity contribution in [2.45, 2.75) is 75.0 Å². The van der Waals surface area contributed by atoms with Crippen molar-refractivity contribution in [1.82, 2.24) is 24.7 Å². The van der Waals surface area contributed by atoms with Crippen LogP contribution in [-0.2, 0) is 14.9 Å². The summed E-state index contributed by atoms with van der Waals surface area (Å²) in [7, 11) is 1.90. The van der Waals surface area contributed by atoms with E-state index in [0.717, 1.165) is 50.6 Å². The molecule has 2 aliphatic heterocycles. The van der Waals surface area contributed by atoms with Crippen molar-refractivity contribution in [2.24, 2.45) is 5.10 Å². The van der Waals surface area contributed by atoms with E-state index in [4.69, 9.17) is 14.5 Å². The second-order valence-electron chi connectivity index (χ2n) is 10.6. The van der Waals surface area contributed by atoms with Crippen LogP contribution in [0, 0.1) is 0 Å². The van der Waals surface area contributed by atoms with E-state index >= 15 is 0 Å². The van der Waals surface area contributed by atoms with Crippen LogP contribution in [0.1, 0.15) is 67.9 Å². The third kappa shape index (κ3) is 4.09. The molecule has 0 radical (unpaired) electrons. The minimum absolute atomic E-state index is 0.0336. The molecule has 2 aromatic heterocycles. The first-order chi connectivity index (χ1) is 16.9. The highest BCUT2D eigenvalue weighted by Crippen LogP contribution is 2.58. The quantitative estimate of drug-likeness (QED) is 0.255. The summed E-state index contributed by atoms with van der Waals surface area (Å²) in [6.07, 6.45) is 14.3. The Morgan fingerprint density at radius 2 is 2.09 bits per heavy atom. The van der Waals surface area contributed by atoms with Gasteiger partial charge in [-0.2, -0.15) is 10.1 Å². The van der Waals surface area contributed by atoms with Gasteiger partial charge in [0.1, 0.15) is 11.7 Å². The molecule has 7 rings (SSSR count). The average molecular weight is 479 g/mol. The number of carbonyl (C=O) groups excluding carboxylic acids is 2. The summed E-state index contributed by atoms with van der Waals surface area (Å²) < 4.78 is 13.8. The van der Waals surface area contributed by atoms with Crippen molar-refractivity contribution in [3.8, 4) is 5.88 Å². The van der Waals surface area contributed by atoms with E-state index in [1.54, 1.807) is 10.6 Å². The molecule has 3 saturated carbocycles. The lowest BCUT2D eigenvalue weighted by molar-refractivity contribution is -0.105. The number of hydrogen-bond acceptors (Lipinski definition) is 8. The number of fused-ring (bicyclic) bond motifs is 2. The number of hydrazone groups is 1. The van der Waals surface area contributed by atoms with Crippen LogP contribution in [0.5, 0.6) is 5.88 Å². The fourth-order valence-corrected chi connectivity index (χ4v) is 5.28. The van der Waals surface area contributed by atoms with E-state index in [1.807, 2.05) is 18.3 Å². The van der Waals surface area contributed by atoms with Crippen molar-refractivity contribution in [3.05, 3.63) is 35.4 Å². The smallest absolute Gasteiger partial charge is 0.262 e. The van der Waals surface area contributed by atoms with Crippen LogP contribution < -0.4 is 10.1 Å². The maximum atomic E-state index is 13.2. The number of nitrogens with zero attached hydrogens (tertiary/aromatic N) is 5. The third-order valence-electron chi connectivity index (χ3n) is 7.62. The molecule has 3 aliphatic carbocycles. The topological polar surface area (TPSA) is 110 Å². The van der Waals surface area contributed by atoms with Crippen molar-refractivity contribution >= 4 is 24.2 Å². The Bertz CT molecular complexity index is 1240. The minimum atomic E-state index is -0.468. The van der Waals surface area contributed by atoms with Crippen LogP contribution in [0.2, 0.25) is 0 Å². The summed E-state index contributed by atoms with van der Waals surface area (Å²) >= 11 is 0. The molecule has 10 heteroatoms. The summed E-state index contributed by atoms with van der Waals surface area (Å²) in [6, 6.07) is 0.460. The fourth-order valence-electron chi connectivity index (χ4n) is 5.28. The summed E-state index contributed by atoms with van der Waals surface area (Å²) in [4.78, 5) is 34.2. The highest BCUT2D eigenvalue weighted by atomic mass is 16.5. The maximum absolute atomic E-state index is 13.2. The maximum Gasteiger partial charge on any atom is 0.262 e. The van der Waals surface area contributed by atoms with E-state index in [2.05, 4.69) is 22.3 Å². The average Bonchev–Trinajstić information content (AvgIpc) is 3.36. The number of hydrogen-bond donors (Lipinski definition) is 1. The van der Waals surface area contributed by atoms with Gasteiger partial charge in [-0.15, -0.1) is 0 Å². The molecule has 4 heterocycles. The Balaban J connectivity index is 1.27. The zero-order chi connectivity index (χ0) is 24.2. The molecule has 5 aliphatic rings. The Labute approximate surface area is 203 Å². The van der Waals surface area contributed by atoms with Crippen molar-refractivity contribution in [1.29, 1.82) is 0 Å². The molecule has 2 saturated heterocycles. The molecule has 0 spiro atoms. The zero-order valence-corrected chi connectivity index (χ0v) is 20.1. The minimum Gasteiger partial charge on any atom is -0.474 e. The number of ether oxygens (including phenoxy) is 2. The van der Waals surface area contributed by atoms with Gasteiger partial charge in [0.05, 0.1) is 23.6 Å². The molecule has 1 amide bonds. The first-order valence-corrected chi connectivity index (χ1v) is 12.3. The normalized spacial score (nSPS) is 28.1. The van der Waals surface area contributed by atoms with E-state index in [1.165, 1.54) is 12.3 Å². The fraction of sp³-hybridized carbons (Fsp3) is 0.560. The Morgan fingerprint density at radius 3 is 2.71 bits per heavy atom. The molecule has 2 aromatic rings. The highest BCUT2D eigenvalue weighted by Gasteiger charge is 2.61.